The average molecular weight is 322 g/mol. The van der Waals surface area contributed by atoms with Crippen molar-refractivity contribution >= 4 is 15.9 Å². The SMILES string of the molecule is CC1(C)CCC(NC2CC(c3cccc(Br)c3)C2)C1. The third-order valence-corrected chi connectivity index (χ3v) is 5.39. The summed E-state index contributed by atoms with van der Waals surface area (Å²) in [7, 11) is 0. The molecule has 19 heavy (non-hydrogen) atoms. The molecule has 0 aliphatic heterocycles. The van der Waals surface area contributed by atoms with E-state index in [0.717, 1.165) is 18.0 Å². The minimum Gasteiger partial charge on any atom is -0.311 e. The van der Waals surface area contributed by atoms with Crippen molar-refractivity contribution < 1.29 is 0 Å². The van der Waals surface area contributed by atoms with Gasteiger partial charge >= 0.3 is 0 Å². The molecule has 0 saturated heterocycles. The first-order valence-electron chi connectivity index (χ1n) is 7.53. The Kier molecular flexibility index (Phi) is 3.74. The third-order valence-electron chi connectivity index (χ3n) is 4.90. The molecule has 2 aliphatic rings. The first-order chi connectivity index (χ1) is 9.02. The van der Waals surface area contributed by atoms with Crippen LogP contribution in [0.15, 0.2) is 28.7 Å². The van der Waals surface area contributed by atoms with Crippen molar-refractivity contribution in [2.24, 2.45) is 5.41 Å². The molecule has 2 saturated carbocycles. The second kappa shape index (κ2) is 5.21. The monoisotopic (exact) mass is 321 g/mol. The summed E-state index contributed by atoms with van der Waals surface area (Å²) in [6, 6.07) is 10.3. The molecule has 2 aliphatic carbocycles. The van der Waals surface area contributed by atoms with Crippen LogP contribution in [0.5, 0.6) is 0 Å². The molecule has 1 atom stereocenters. The van der Waals surface area contributed by atoms with Gasteiger partial charge < -0.3 is 5.32 Å². The lowest BCUT2D eigenvalue weighted by atomic mass is 9.75. The summed E-state index contributed by atoms with van der Waals surface area (Å²) < 4.78 is 1.21. The first-order valence-corrected chi connectivity index (χ1v) is 8.33. The Hall–Kier alpha value is -0.340. The molecule has 0 amide bonds. The molecule has 1 nitrogen and oxygen atoms in total. The fraction of sp³-hybridized carbons (Fsp3) is 0.647. The van der Waals surface area contributed by atoms with Crippen molar-refractivity contribution in [1.82, 2.24) is 5.32 Å². The zero-order valence-electron chi connectivity index (χ0n) is 12.0. The summed E-state index contributed by atoms with van der Waals surface area (Å²) in [4.78, 5) is 0. The molecule has 104 valence electrons. The van der Waals surface area contributed by atoms with Crippen molar-refractivity contribution in [3.8, 4) is 0 Å². The molecule has 2 fully saturated rings. The largest absolute Gasteiger partial charge is 0.311 e. The van der Waals surface area contributed by atoms with Gasteiger partial charge in [0.05, 0.1) is 0 Å². The molecule has 2 heteroatoms. The zero-order chi connectivity index (χ0) is 13.5. The van der Waals surface area contributed by atoms with Gasteiger partial charge in [0.2, 0.25) is 0 Å². The fourth-order valence-electron chi connectivity index (χ4n) is 3.70. The summed E-state index contributed by atoms with van der Waals surface area (Å²) in [5.74, 6) is 0.768. The molecule has 1 unspecified atom stereocenters. The van der Waals surface area contributed by atoms with E-state index in [2.05, 4.69) is 59.4 Å². The second-order valence-corrected chi connectivity index (χ2v) is 8.11. The van der Waals surface area contributed by atoms with Gasteiger partial charge in [-0.15, -0.1) is 0 Å². The van der Waals surface area contributed by atoms with Crippen LogP contribution in [0.3, 0.4) is 0 Å². The molecular formula is C17H24BrN. The Morgan fingerprint density at radius 2 is 2.00 bits per heavy atom. The van der Waals surface area contributed by atoms with Gasteiger partial charge in [0.25, 0.3) is 0 Å². The van der Waals surface area contributed by atoms with Gasteiger partial charge in [-0.1, -0.05) is 41.9 Å². The van der Waals surface area contributed by atoms with Gasteiger partial charge in [0.1, 0.15) is 0 Å². The molecule has 0 radical (unpaired) electrons. The third kappa shape index (κ3) is 3.22. The lowest BCUT2D eigenvalue weighted by Crippen LogP contribution is -2.44. The van der Waals surface area contributed by atoms with Gasteiger partial charge in [0.15, 0.2) is 0 Å². The minimum absolute atomic E-state index is 0.561. The van der Waals surface area contributed by atoms with Crippen LogP contribution in [0.1, 0.15) is 57.4 Å². The Morgan fingerprint density at radius 1 is 1.21 bits per heavy atom. The van der Waals surface area contributed by atoms with E-state index in [-0.39, 0.29) is 0 Å². The van der Waals surface area contributed by atoms with Crippen molar-refractivity contribution in [2.75, 3.05) is 0 Å². The first kappa shape index (κ1) is 13.6. The number of rotatable bonds is 3. The van der Waals surface area contributed by atoms with E-state index < -0.39 is 0 Å². The normalized spacial score (nSPS) is 33.1. The van der Waals surface area contributed by atoms with Crippen LogP contribution < -0.4 is 5.32 Å². The minimum atomic E-state index is 0.561. The number of hydrogen-bond donors (Lipinski definition) is 1. The molecule has 3 rings (SSSR count). The Bertz CT molecular complexity index is 448. The molecular weight excluding hydrogens is 298 g/mol. The molecule has 1 N–H and O–H groups in total. The van der Waals surface area contributed by atoms with Crippen molar-refractivity contribution in [2.45, 2.75) is 64.0 Å². The summed E-state index contributed by atoms with van der Waals surface area (Å²) in [6.45, 7) is 4.81. The van der Waals surface area contributed by atoms with Crippen LogP contribution in [-0.4, -0.2) is 12.1 Å². The van der Waals surface area contributed by atoms with Crippen LogP contribution in [0, 0.1) is 5.41 Å². The molecule has 0 spiro atoms. The van der Waals surface area contributed by atoms with E-state index in [1.54, 1.807) is 0 Å². The zero-order valence-corrected chi connectivity index (χ0v) is 13.5. The van der Waals surface area contributed by atoms with Crippen LogP contribution in [0.25, 0.3) is 0 Å². The highest BCUT2D eigenvalue weighted by Gasteiger charge is 2.36. The summed E-state index contributed by atoms with van der Waals surface area (Å²) in [5.41, 5.74) is 2.06. The number of benzene rings is 1. The van der Waals surface area contributed by atoms with Gasteiger partial charge in [-0.25, -0.2) is 0 Å². The highest BCUT2D eigenvalue weighted by molar-refractivity contribution is 9.10. The number of halogens is 1. The smallest absolute Gasteiger partial charge is 0.0178 e. The second-order valence-electron chi connectivity index (χ2n) is 7.19. The maximum absolute atomic E-state index is 3.87. The number of nitrogens with one attached hydrogen (secondary N) is 1. The van der Waals surface area contributed by atoms with Crippen molar-refractivity contribution in [3.63, 3.8) is 0 Å². The topological polar surface area (TPSA) is 12.0 Å². The lowest BCUT2D eigenvalue weighted by Gasteiger charge is -2.38. The van der Waals surface area contributed by atoms with E-state index in [1.807, 2.05) is 0 Å². The Morgan fingerprint density at radius 3 is 2.63 bits per heavy atom. The van der Waals surface area contributed by atoms with Crippen molar-refractivity contribution in [1.29, 1.82) is 0 Å². The van der Waals surface area contributed by atoms with E-state index in [9.17, 15) is 0 Å². The maximum atomic E-state index is 3.87. The molecule has 0 heterocycles. The highest BCUT2D eigenvalue weighted by Crippen LogP contribution is 2.41. The average Bonchev–Trinajstić information content (AvgIpc) is 2.63. The molecule has 0 bridgehead atoms. The standard InChI is InChI=1S/C17H24BrN/c1-17(2)7-6-15(11-17)19-16-9-13(10-16)12-4-3-5-14(18)8-12/h3-5,8,13,15-16,19H,6-7,9-11H2,1-2H3. The van der Waals surface area contributed by atoms with Crippen LogP contribution in [0.4, 0.5) is 0 Å². The van der Waals surface area contributed by atoms with E-state index >= 15 is 0 Å². The Labute approximate surface area is 125 Å². The lowest BCUT2D eigenvalue weighted by molar-refractivity contribution is 0.256. The maximum Gasteiger partial charge on any atom is 0.0178 e. The van der Waals surface area contributed by atoms with Gasteiger partial charge in [-0.3, -0.25) is 0 Å². The summed E-state index contributed by atoms with van der Waals surface area (Å²) in [6.07, 6.45) is 6.73. The highest BCUT2D eigenvalue weighted by atomic mass is 79.9. The van der Waals surface area contributed by atoms with Crippen LogP contribution >= 0.6 is 15.9 Å². The van der Waals surface area contributed by atoms with Gasteiger partial charge in [-0.2, -0.15) is 0 Å². The van der Waals surface area contributed by atoms with E-state index in [1.165, 1.54) is 42.1 Å². The van der Waals surface area contributed by atoms with Crippen molar-refractivity contribution in [3.05, 3.63) is 34.3 Å². The summed E-state index contributed by atoms with van der Waals surface area (Å²) >= 11 is 3.57. The van der Waals surface area contributed by atoms with Crippen LogP contribution in [-0.2, 0) is 0 Å². The molecule has 0 aromatic heterocycles. The molecule has 1 aromatic carbocycles. The predicted octanol–water partition coefficient (Wildman–Crippen LogP) is 4.86. The van der Waals surface area contributed by atoms with Gasteiger partial charge in [0, 0.05) is 16.6 Å². The fourth-order valence-corrected chi connectivity index (χ4v) is 4.12. The summed E-state index contributed by atoms with van der Waals surface area (Å²) in [5, 5.41) is 3.87. The predicted molar refractivity (Wildman–Crippen MR) is 84.5 cm³/mol. The quantitative estimate of drug-likeness (QED) is 0.838. The number of hydrogen-bond acceptors (Lipinski definition) is 1. The molecule has 1 aromatic rings. The van der Waals surface area contributed by atoms with Crippen LogP contribution in [0.2, 0.25) is 0 Å². The van der Waals surface area contributed by atoms with E-state index in [4.69, 9.17) is 0 Å². The van der Waals surface area contributed by atoms with Gasteiger partial charge in [-0.05, 0) is 61.1 Å². The van der Waals surface area contributed by atoms with E-state index in [0.29, 0.717) is 5.41 Å². The Balaban J connectivity index is 1.48.